The van der Waals surface area contributed by atoms with Gasteiger partial charge in [-0.25, -0.2) is 0 Å². The van der Waals surface area contributed by atoms with Gasteiger partial charge >= 0.3 is 0 Å². The molecule has 3 atom stereocenters. The largest absolute Gasteiger partial charge is 0.298 e. The molecule has 0 bridgehead atoms. The Morgan fingerprint density at radius 2 is 1.38 bits per heavy atom. The fourth-order valence-corrected chi connectivity index (χ4v) is 6.48. The van der Waals surface area contributed by atoms with Gasteiger partial charge in [-0.3, -0.25) is 9.00 Å². The highest BCUT2D eigenvalue weighted by molar-refractivity contribution is 7.86. The van der Waals surface area contributed by atoms with Crippen LogP contribution in [0.15, 0.2) is 17.0 Å². The van der Waals surface area contributed by atoms with E-state index in [1.165, 1.54) is 16.7 Å². The first kappa shape index (κ1) is 21.3. The van der Waals surface area contributed by atoms with Crippen molar-refractivity contribution < 1.29 is 9.00 Å². The van der Waals surface area contributed by atoms with E-state index in [2.05, 4.69) is 67.5 Å². The van der Waals surface area contributed by atoms with Gasteiger partial charge in [-0.05, 0) is 52.7 Å². The van der Waals surface area contributed by atoms with Gasteiger partial charge in [0.15, 0.2) is 0 Å². The molecular formula is C23H36O2S. The standard InChI is InChI=1S/C23H36O2S/c1-13(2)17-11-19(15(5)6)22(20(12-17)16(7)8)26(25)23-18(14(3)4)9-10-21(23)24/h11-16,18,23H,9-10H2,1-8H3/t18-,23-,26+/m1/s1. The van der Waals surface area contributed by atoms with Gasteiger partial charge in [0, 0.05) is 11.3 Å². The molecule has 1 fully saturated rings. The quantitative estimate of drug-likeness (QED) is 0.595. The van der Waals surface area contributed by atoms with Gasteiger partial charge in [0.25, 0.3) is 0 Å². The van der Waals surface area contributed by atoms with Crippen LogP contribution in [0.1, 0.15) is 103 Å². The number of carbonyl (C=O) groups is 1. The maximum Gasteiger partial charge on any atom is 0.149 e. The molecule has 2 nitrogen and oxygen atoms in total. The molecule has 26 heavy (non-hydrogen) atoms. The second-order valence-electron chi connectivity index (χ2n) is 9.12. The number of carbonyl (C=O) groups excluding carboxylic acids is 1. The third-order valence-electron chi connectivity index (χ3n) is 5.80. The van der Waals surface area contributed by atoms with Gasteiger partial charge in [-0.15, -0.1) is 0 Å². The monoisotopic (exact) mass is 376 g/mol. The van der Waals surface area contributed by atoms with Crippen molar-refractivity contribution >= 4 is 16.6 Å². The minimum Gasteiger partial charge on any atom is -0.298 e. The van der Waals surface area contributed by atoms with Crippen molar-refractivity contribution in [1.29, 1.82) is 0 Å². The Kier molecular flexibility index (Phi) is 6.87. The first-order valence-corrected chi connectivity index (χ1v) is 11.4. The summed E-state index contributed by atoms with van der Waals surface area (Å²) in [5.41, 5.74) is 3.64. The molecule has 0 aliphatic heterocycles. The lowest BCUT2D eigenvalue weighted by molar-refractivity contribution is -0.117. The van der Waals surface area contributed by atoms with Crippen molar-refractivity contribution in [1.82, 2.24) is 0 Å². The molecule has 1 aromatic carbocycles. The van der Waals surface area contributed by atoms with Crippen LogP contribution in [0.5, 0.6) is 0 Å². The van der Waals surface area contributed by atoms with Crippen LogP contribution < -0.4 is 0 Å². The second-order valence-corrected chi connectivity index (χ2v) is 10.6. The minimum atomic E-state index is -1.27. The Morgan fingerprint density at radius 1 is 0.885 bits per heavy atom. The van der Waals surface area contributed by atoms with E-state index in [9.17, 15) is 9.00 Å². The summed E-state index contributed by atoms with van der Waals surface area (Å²) in [5.74, 6) is 1.82. The van der Waals surface area contributed by atoms with Gasteiger partial charge in [0.2, 0.25) is 0 Å². The van der Waals surface area contributed by atoms with Crippen molar-refractivity contribution in [2.75, 3.05) is 0 Å². The van der Waals surface area contributed by atoms with Crippen molar-refractivity contribution in [3.63, 3.8) is 0 Å². The minimum absolute atomic E-state index is 0.194. The molecule has 0 unspecified atom stereocenters. The lowest BCUT2D eigenvalue weighted by Gasteiger charge is -2.27. The summed E-state index contributed by atoms with van der Waals surface area (Å²) >= 11 is 0. The number of hydrogen-bond donors (Lipinski definition) is 0. The van der Waals surface area contributed by atoms with Crippen LogP contribution >= 0.6 is 0 Å². The van der Waals surface area contributed by atoms with E-state index in [1.807, 2.05) is 0 Å². The maximum absolute atomic E-state index is 13.8. The lowest BCUT2D eigenvalue weighted by Crippen LogP contribution is -2.31. The Bertz CT molecular complexity index is 656. The highest BCUT2D eigenvalue weighted by Crippen LogP contribution is 2.40. The molecule has 0 saturated heterocycles. The summed E-state index contributed by atoms with van der Waals surface area (Å²) in [6.07, 6.45) is 1.46. The van der Waals surface area contributed by atoms with Crippen molar-refractivity contribution in [2.24, 2.45) is 11.8 Å². The zero-order valence-electron chi connectivity index (χ0n) is 17.8. The smallest absolute Gasteiger partial charge is 0.149 e. The second kappa shape index (κ2) is 8.37. The summed E-state index contributed by atoms with van der Waals surface area (Å²) < 4.78 is 13.8. The zero-order valence-corrected chi connectivity index (χ0v) is 18.6. The Hall–Kier alpha value is -0.960. The molecule has 1 saturated carbocycles. The highest BCUT2D eigenvalue weighted by Gasteiger charge is 2.42. The van der Waals surface area contributed by atoms with Crippen LogP contribution in [0, 0.1) is 11.8 Å². The number of benzene rings is 1. The van der Waals surface area contributed by atoms with Crippen LogP contribution in [0.3, 0.4) is 0 Å². The van der Waals surface area contributed by atoms with Crippen molar-refractivity contribution in [3.05, 3.63) is 28.8 Å². The number of hydrogen-bond acceptors (Lipinski definition) is 2. The predicted octanol–water partition coefficient (Wildman–Crippen LogP) is 6.17. The third kappa shape index (κ3) is 4.13. The highest BCUT2D eigenvalue weighted by atomic mass is 32.2. The van der Waals surface area contributed by atoms with E-state index in [0.29, 0.717) is 30.1 Å². The fraction of sp³-hybridized carbons (Fsp3) is 0.696. The average Bonchev–Trinajstić information content (AvgIpc) is 2.94. The zero-order chi connectivity index (χ0) is 19.8. The number of ketones is 1. The van der Waals surface area contributed by atoms with E-state index in [4.69, 9.17) is 0 Å². The Labute approximate surface area is 162 Å². The van der Waals surface area contributed by atoms with Crippen LogP contribution in [0.4, 0.5) is 0 Å². The van der Waals surface area contributed by atoms with E-state index < -0.39 is 10.8 Å². The molecule has 0 aromatic heterocycles. The summed E-state index contributed by atoms with van der Waals surface area (Å²) in [6.45, 7) is 17.4. The molecule has 1 aliphatic rings. The average molecular weight is 377 g/mol. The van der Waals surface area contributed by atoms with Gasteiger partial charge in [0.1, 0.15) is 11.0 Å². The summed E-state index contributed by atoms with van der Waals surface area (Å²) in [6, 6.07) is 4.47. The van der Waals surface area contributed by atoms with E-state index in [0.717, 1.165) is 11.3 Å². The lowest BCUT2D eigenvalue weighted by atomic mass is 9.89. The van der Waals surface area contributed by atoms with Crippen molar-refractivity contribution in [3.8, 4) is 0 Å². The molecule has 1 aliphatic carbocycles. The molecule has 0 heterocycles. The van der Waals surface area contributed by atoms with Crippen LogP contribution in [0.25, 0.3) is 0 Å². The molecule has 2 rings (SSSR count). The summed E-state index contributed by atoms with van der Waals surface area (Å²) in [5, 5.41) is -0.338. The van der Waals surface area contributed by atoms with Crippen LogP contribution in [-0.4, -0.2) is 15.2 Å². The van der Waals surface area contributed by atoms with E-state index in [1.54, 1.807) is 0 Å². The van der Waals surface area contributed by atoms with Gasteiger partial charge < -0.3 is 0 Å². The molecule has 146 valence electrons. The van der Waals surface area contributed by atoms with Crippen LogP contribution in [0.2, 0.25) is 0 Å². The summed E-state index contributed by atoms with van der Waals surface area (Å²) in [4.78, 5) is 13.6. The van der Waals surface area contributed by atoms with Crippen LogP contribution in [-0.2, 0) is 15.6 Å². The topological polar surface area (TPSA) is 34.1 Å². The van der Waals surface area contributed by atoms with Gasteiger partial charge in [0.05, 0.1) is 10.8 Å². The van der Waals surface area contributed by atoms with Crippen molar-refractivity contribution in [2.45, 2.75) is 96.1 Å². The molecule has 0 amide bonds. The molecule has 0 N–H and O–H groups in total. The molecular weight excluding hydrogens is 340 g/mol. The van der Waals surface area contributed by atoms with E-state index in [-0.39, 0.29) is 17.0 Å². The molecule has 1 aromatic rings. The first-order valence-electron chi connectivity index (χ1n) is 10.2. The SMILES string of the molecule is CC(C)c1cc(C(C)C)c([S@](=O)[C@H]2C(=O)CC[C@@H]2C(C)C)c(C(C)C)c1. The number of rotatable bonds is 6. The normalized spacial score (nSPS) is 22.2. The fourth-order valence-electron chi connectivity index (χ4n) is 4.05. The Morgan fingerprint density at radius 3 is 1.77 bits per heavy atom. The molecule has 0 radical (unpaired) electrons. The van der Waals surface area contributed by atoms with Gasteiger partial charge in [-0.1, -0.05) is 67.5 Å². The molecule has 0 spiro atoms. The predicted molar refractivity (Wildman–Crippen MR) is 111 cm³/mol. The Balaban J connectivity index is 2.66. The maximum atomic E-state index is 13.8. The molecule has 3 heteroatoms. The third-order valence-corrected chi connectivity index (χ3v) is 7.75. The summed E-state index contributed by atoms with van der Waals surface area (Å²) in [7, 11) is -1.27. The number of Topliss-reactive ketones (excluding diaryl/α,β-unsaturated/α-hetero) is 1. The van der Waals surface area contributed by atoms with E-state index >= 15 is 0 Å². The first-order chi connectivity index (χ1) is 12.1. The van der Waals surface area contributed by atoms with Gasteiger partial charge in [-0.2, -0.15) is 0 Å².